The first kappa shape index (κ1) is 6.91. The van der Waals surface area contributed by atoms with Crippen LogP contribution >= 0.6 is 0 Å². The number of rotatable bonds is 0. The van der Waals surface area contributed by atoms with Crippen molar-refractivity contribution in [2.75, 3.05) is 19.8 Å². The van der Waals surface area contributed by atoms with E-state index in [0.717, 1.165) is 19.4 Å². The van der Waals surface area contributed by atoms with Crippen LogP contribution in [0.3, 0.4) is 0 Å². The average molecular weight is 158 g/mol. The standard InChI is InChI=1S/C7H10O4/c8-6-9-4-7(5-10-6)2-1-3-11-7/h1-5H2. The summed E-state index contributed by atoms with van der Waals surface area (Å²) in [6.45, 7) is 1.46. The molecule has 2 fully saturated rings. The molecule has 0 unspecified atom stereocenters. The molecule has 0 N–H and O–H groups in total. The summed E-state index contributed by atoms with van der Waals surface area (Å²) in [5.74, 6) is 0. The number of ether oxygens (including phenoxy) is 3. The highest BCUT2D eigenvalue weighted by atomic mass is 16.7. The van der Waals surface area contributed by atoms with E-state index in [0.29, 0.717) is 13.2 Å². The molecule has 2 rings (SSSR count). The zero-order valence-corrected chi connectivity index (χ0v) is 6.17. The Bertz CT molecular complexity index is 159. The highest BCUT2D eigenvalue weighted by Crippen LogP contribution is 2.28. The van der Waals surface area contributed by atoms with Crippen LogP contribution in [0.2, 0.25) is 0 Å². The molecule has 4 heteroatoms. The van der Waals surface area contributed by atoms with Crippen LogP contribution in [0.1, 0.15) is 12.8 Å². The van der Waals surface area contributed by atoms with E-state index in [9.17, 15) is 4.79 Å². The van der Waals surface area contributed by atoms with Crippen LogP contribution in [0.5, 0.6) is 0 Å². The third kappa shape index (κ3) is 1.18. The highest BCUT2D eigenvalue weighted by Gasteiger charge is 2.41. The van der Waals surface area contributed by atoms with Gasteiger partial charge in [0.05, 0.1) is 0 Å². The Balaban J connectivity index is 1.99. The van der Waals surface area contributed by atoms with Gasteiger partial charge in [-0.1, -0.05) is 0 Å². The van der Waals surface area contributed by atoms with Gasteiger partial charge in [0.15, 0.2) is 0 Å². The molecule has 4 nitrogen and oxygen atoms in total. The van der Waals surface area contributed by atoms with Gasteiger partial charge in [-0.15, -0.1) is 0 Å². The lowest BCUT2D eigenvalue weighted by atomic mass is 10.0. The fourth-order valence-electron chi connectivity index (χ4n) is 1.45. The van der Waals surface area contributed by atoms with E-state index in [4.69, 9.17) is 14.2 Å². The minimum atomic E-state index is -0.578. The molecule has 11 heavy (non-hydrogen) atoms. The first-order valence-electron chi connectivity index (χ1n) is 3.74. The first-order valence-corrected chi connectivity index (χ1v) is 3.74. The molecule has 0 aromatic carbocycles. The molecule has 1 spiro atoms. The molecule has 0 aromatic heterocycles. The lowest BCUT2D eigenvalue weighted by Crippen LogP contribution is -2.44. The van der Waals surface area contributed by atoms with E-state index in [1.54, 1.807) is 0 Å². The summed E-state index contributed by atoms with van der Waals surface area (Å²) >= 11 is 0. The van der Waals surface area contributed by atoms with Crippen molar-refractivity contribution < 1.29 is 19.0 Å². The predicted octanol–water partition coefficient (Wildman–Crippen LogP) is 0.702. The molecule has 0 aromatic rings. The number of hydrogen-bond acceptors (Lipinski definition) is 4. The minimum Gasteiger partial charge on any atom is -0.431 e. The average Bonchev–Trinajstić information content (AvgIpc) is 2.45. The number of carbonyl (C=O) groups excluding carboxylic acids is 1. The van der Waals surface area contributed by atoms with Crippen LogP contribution < -0.4 is 0 Å². The first-order chi connectivity index (χ1) is 5.31. The number of carbonyl (C=O) groups is 1. The molecule has 0 aliphatic carbocycles. The van der Waals surface area contributed by atoms with Crippen LogP contribution in [0.15, 0.2) is 0 Å². The van der Waals surface area contributed by atoms with Crippen LogP contribution in [0.25, 0.3) is 0 Å². The van der Waals surface area contributed by atoms with E-state index in [1.165, 1.54) is 0 Å². The highest BCUT2D eigenvalue weighted by molar-refractivity contribution is 5.60. The number of hydrogen-bond donors (Lipinski definition) is 0. The van der Waals surface area contributed by atoms with Crippen molar-refractivity contribution in [3.63, 3.8) is 0 Å². The van der Waals surface area contributed by atoms with Gasteiger partial charge in [0.25, 0.3) is 0 Å². The van der Waals surface area contributed by atoms with Crippen molar-refractivity contribution in [2.45, 2.75) is 18.4 Å². The van der Waals surface area contributed by atoms with Gasteiger partial charge in [-0.05, 0) is 12.8 Å². The molecule has 2 saturated heterocycles. The largest absolute Gasteiger partial charge is 0.508 e. The summed E-state index contributed by atoms with van der Waals surface area (Å²) < 4.78 is 14.9. The predicted molar refractivity (Wildman–Crippen MR) is 35.2 cm³/mol. The quantitative estimate of drug-likeness (QED) is 0.487. The molecule has 0 amide bonds. The second kappa shape index (κ2) is 2.37. The molecule has 0 atom stereocenters. The summed E-state index contributed by atoms with van der Waals surface area (Å²) in [6.07, 6.45) is 1.38. The van der Waals surface area contributed by atoms with Gasteiger partial charge in [0.2, 0.25) is 0 Å². The van der Waals surface area contributed by atoms with E-state index in [2.05, 4.69) is 0 Å². The third-order valence-corrected chi connectivity index (χ3v) is 2.09. The Kier molecular flexibility index (Phi) is 1.49. The monoisotopic (exact) mass is 158 g/mol. The summed E-state index contributed by atoms with van der Waals surface area (Å²) in [5.41, 5.74) is -0.312. The maximum atomic E-state index is 10.5. The summed E-state index contributed by atoms with van der Waals surface area (Å²) in [6, 6.07) is 0. The van der Waals surface area contributed by atoms with Crippen molar-refractivity contribution in [2.24, 2.45) is 0 Å². The Morgan fingerprint density at radius 2 is 2.00 bits per heavy atom. The molecule has 0 radical (unpaired) electrons. The van der Waals surface area contributed by atoms with Crippen molar-refractivity contribution >= 4 is 6.16 Å². The molecule has 62 valence electrons. The Hall–Kier alpha value is -0.770. The molecule has 0 bridgehead atoms. The summed E-state index contributed by atoms with van der Waals surface area (Å²) in [4.78, 5) is 10.5. The molecule has 2 aliphatic rings. The maximum Gasteiger partial charge on any atom is 0.508 e. The Morgan fingerprint density at radius 3 is 2.55 bits per heavy atom. The van der Waals surface area contributed by atoms with Gasteiger partial charge < -0.3 is 14.2 Å². The number of cyclic esters (lactones) is 2. The molecule has 2 aliphatic heterocycles. The normalized spacial score (nSPS) is 28.2. The van der Waals surface area contributed by atoms with Crippen LogP contribution in [0.4, 0.5) is 4.79 Å². The van der Waals surface area contributed by atoms with Gasteiger partial charge in [0.1, 0.15) is 18.8 Å². The van der Waals surface area contributed by atoms with Crippen LogP contribution in [-0.2, 0) is 14.2 Å². The molecular weight excluding hydrogens is 148 g/mol. The fourth-order valence-corrected chi connectivity index (χ4v) is 1.45. The van der Waals surface area contributed by atoms with E-state index in [1.807, 2.05) is 0 Å². The van der Waals surface area contributed by atoms with Crippen molar-refractivity contribution in [1.82, 2.24) is 0 Å². The van der Waals surface area contributed by atoms with E-state index < -0.39 is 6.16 Å². The van der Waals surface area contributed by atoms with Crippen molar-refractivity contribution in [1.29, 1.82) is 0 Å². The zero-order chi connectivity index (χ0) is 7.73. The SMILES string of the molecule is O=C1OCC2(CCCO2)CO1. The molecule has 0 saturated carbocycles. The van der Waals surface area contributed by atoms with Gasteiger partial charge in [0, 0.05) is 6.61 Å². The van der Waals surface area contributed by atoms with Gasteiger partial charge >= 0.3 is 6.16 Å². The fraction of sp³-hybridized carbons (Fsp3) is 0.857. The van der Waals surface area contributed by atoms with E-state index >= 15 is 0 Å². The smallest absolute Gasteiger partial charge is 0.431 e. The topological polar surface area (TPSA) is 44.8 Å². The molecule has 2 heterocycles. The zero-order valence-electron chi connectivity index (χ0n) is 6.17. The van der Waals surface area contributed by atoms with Crippen molar-refractivity contribution in [3.05, 3.63) is 0 Å². The lowest BCUT2D eigenvalue weighted by molar-refractivity contribution is -0.126. The lowest BCUT2D eigenvalue weighted by Gasteiger charge is -2.30. The van der Waals surface area contributed by atoms with Gasteiger partial charge in [-0.3, -0.25) is 0 Å². The van der Waals surface area contributed by atoms with E-state index in [-0.39, 0.29) is 5.60 Å². The van der Waals surface area contributed by atoms with Gasteiger partial charge in [-0.25, -0.2) is 4.79 Å². The maximum absolute atomic E-state index is 10.5. The minimum absolute atomic E-state index is 0.312. The second-order valence-electron chi connectivity index (χ2n) is 2.96. The Morgan fingerprint density at radius 1 is 1.27 bits per heavy atom. The van der Waals surface area contributed by atoms with Crippen LogP contribution in [-0.4, -0.2) is 31.6 Å². The Labute approximate surface area is 64.4 Å². The van der Waals surface area contributed by atoms with Gasteiger partial charge in [-0.2, -0.15) is 0 Å². The van der Waals surface area contributed by atoms with Crippen molar-refractivity contribution in [3.8, 4) is 0 Å². The third-order valence-electron chi connectivity index (χ3n) is 2.09. The summed E-state index contributed by atoms with van der Waals surface area (Å²) in [5, 5.41) is 0. The van der Waals surface area contributed by atoms with Crippen LogP contribution in [0, 0.1) is 0 Å². The second-order valence-corrected chi connectivity index (χ2v) is 2.96. The summed E-state index contributed by atoms with van der Waals surface area (Å²) in [7, 11) is 0. The molecular formula is C7H10O4.